The second-order valence-corrected chi connectivity index (χ2v) is 6.26. The Bertz CT molecular complexity index is 843. The van der Waals surface area contributed by atoms with Gasteiger partial charge < -0.3 is 9.47 Å². The summed E-state index contributed by atoms with van der Waals surface area (Å²) in [6.45, 7) is 2.60. The summed E-state index contributed by atoms with van der Waals surface area (Å²) in [7, 11) is 1.53. The van der Waals surface area contributed by atoms with Crippen molar-refractivity contribution in [3.8, 4) is 22.5 Å². The number of thiophene rings is 1. The van der Waals surface area contributed by atoms with Gasteiger partial charge in [-0.25, -0.2) is 0 Å². The monoisotopic (exact) mass is 357 g/mol. The van der Waals surface area contributed by atoms with Crippen LogP contribution in [0, 0.1) is 0 Å². The van der Waals surface area contributed by atoms with Gasteiger partial charge in [0.05, 0.1) is 24.2 Å². The van der Waals surface area contributed by atoms with Crippen molar-refractivity contribution in [1.29, 1.82) is 0 Å². The predicted molar refractivity (Wildman–Crippen MR) is 96.5 cm³/mol. The fraction of sp³-hybridized carbons (Fsp3) is 0.278. The number of carbonyl (C=O) groups excluding carboxylic acids is 1. The molecule has 0 radical (unpaired) electrons. The van der Waals surface area contributed by atoms with E-state index in [0.29, 0.717) is 23.7 Å². The van der Waals surface area contributed by atoms with Gasteiger partial charge in [0, 0.05) is 0 Å². The summed E-state index contributed by atoms with van der Waals surface area (Å²) < 4.78 is 12.2. The second kappa shape index (κ2) is 7.94. The van der Waals surface area contributed by atoms with Gasteiger partial charge in [0.2, 0.25) is 0 Å². The topological polar surface area (TPSA) is 66.2 Å². The summed E-state index contributed by atoms with van der Waals surface area (Å²) in [5, 5.41) is 6.20. The summed E-state index contributed by atoms with van der Waals surface area (Å²) >= 11 is 1.49. The highest BCUT2D eigenvalue weighted by Gasteiger charge is 2.22. The van der Waals surface area contributed by atoms with Crippen molar-refractivity contribution in [2.45, 2.75) is 19.8 Å². The van der Waals surface area contributed by atoms with Gasteiger partial charge in [0.25, 0.3) is 5.91 Å². The number of methoxy groups -OCH3 is 1. The minimum Gasteiger partial charge on any atom is -0.496 e. The van der Waals surface area contributed by atoms with E-state index in [4.69, 9.17) is 9.47 Å². The fourth-order valence-corrected chi connectivity index (χ4v) is 3.00. The zero-order chi connectivity index (χ0) is 17.6. The first-order chi connectivity index (χ1) is 12.2. The Balaban J connectivity index is 2.00. The minimum atomic E-state index is -0.307. The molecule has 0 spiro atoms. The lowest BCUT2D eigenvalue weighted by Crippen LogP contribution is -2.16. The molecule has 0 aliphatic heterocycles. The second-order valence-electron chi connectivity index (χ2n) is 5.31. The molecule has 25 heavy (non-hydrogen) atoms. The summed E-state index contributed by atoms with van der Waals surface area (Å²) in [5.41, 5.74) is 0.424. The van der Waals surface area contributed by atoms with Crippen LogP contribution in [0.25, 0.3) is 10.7 Å². The third-order valence-electron chi connectivity index (χ3n) is 3.59. The normalized spacial score (nSPS) is 10.6. The molecule has 0 unspecified atom stereocenters. The molecule has 0 fully saturated rings. The van der Waals surface area contributed by atoms with E-state index in [-0.39, 0.29) is 11.9 Å². The molecule has 0 aliphatic carbocycles. The number of aromatic nitrogens is 3. The van der Waals surface area contributed by atoms with Crippen molar-refractivity contribution in [1.82, 2.24) is 14.8 Å². The Hall–Kier alpha value is -2.67. The Morgan fingerprint density at radius 1 is 1.24 bits per heavy atom. The first-order valence-corrected chi connectivity index (χ1v) is 8.94. The maximum absolute atomic E-state index is 13.0. The number of para-hydroxylation sites is 1. The Morgan fingerprint density at radius 2 is 2.08 bits per heavy atom. The molecule has 0 amide bonds. The maximum Gasteiger partial charge on any atom is 0.336 e. The Kier molecular flexibility index (Phi) is 5.45. The third-order valence-corrected chi connectivity index (χ3v) is 4.45. The first kappa shape index (κ1) is 17.2. The standard InChI is InChI=1S/C18H19N3O3S/c1-3-4-11-24-18-19-16(15-10-7-12-25-15)21(20-18)17(22)13-8-5-6-9-14(13)23-2/h5-10,12H,3-4,11H2,1-2H3. The summed E-state index contributed by atoms with van der Waals surface area (Å²) in [4.78, 5) is 18.3. The van der Waals surface area contributed by atoms with Gasteiger partial charge in [-0.2, -0.15) is 9.67 Å². The highest BCUT2D eigenvalue weighted by molar-refractivity contribution is 7.13. The summed E-state index contributed by atoms with van der Waals surface area (Å²) in [6.07, 6.45) is 1.92. The maximum atomic E-state index is 13.0. The molecule has 130 valence electrons. The van der Waals surface area contributed by atoms with Crippen LogP contribution in [0.3, 0.4) is 0 Å². The lowest BCUT2D eigenvalue weighted by atomic mass is 10.2. The van der Waals surface area contributed by atoms with E-state index in [9.17, 15) is 4.79 Å². The van der Waals surface area contributed by atoms with Gasteiger partial charge in [-0.05, 0) is 30.0 Å². The van der Waals surface area contributed by atoms with E-state index in [0.717, 1.165) is 17.7 Å². The molecule has 3 rings (SSSR count). The van der Waals surface area contributed by atoms with Gasteiger partial charge in [-0.1, -0.05) is 31.5 Å². The minimum absolute atomic E-state index is 0.208. The molecule has 2 heterocycles. The smallest absolute Gasteiger partial charge is 0.336 e. The molecule has 0 bridgehead atoms. The van der Waals surface area contributed by atoms with Crippen molar-refractivity contribution in [2.75, 3.05) is 13.7 Å². The van der Waals surface area contributed by atoms with Crippen LogP contribution in [0.2, 0.25) is 0 Å². The van der Waals surface area contributed by atoms with E-state index in [2.05, 4.69) is 17.0 Å². The molecule has 0 aliphatic rings. The van der Waals surface area contributed by atoms with Crippen LogP contribution in [0.5, 0.6) is 11.8 Å². The fourth-order valence-electron chi connectivity index (χ4n) is 2.30. The predicted octanol–water partition coefficient (Wildman–Crippen LogP) is 3.88. The zero-order valence-corrected chi connectivity index (χ0v) is 15.0. The molecule has 0 saturated carbocycles. The van der Waals surface area contributed by atoms with Crippen molar-refractivity contribution in [3.05, 3.63) is 47.3 Å². The van der Waals surface area contributed by atoms with Crippen LogP contribution in [-0.2, 0) is 0 Å². The number of rotatable bonds is 7. The van der Waals surface area contributed by atoms with E-state index >= 15 is 0 Å². The number of nitrogens with zero attached hydrogens (tertiary/aromatic N) is 3. The largest absolute Gasteiger partial charge is 0.496 e. The number of carbonyl (C=O) groups is 1. The number of benzene rings is 1. The molecule has 6 nitrogen and oxygen atoms in total. The molecule has 0 N–H and O–H groups in total. The molecule has 3 aromatic rings. The SMILES string of the molecule is CCCCOc1nc(-c2cccs2)n(C(=O)c2ccccc2OC)n1. The lowest BCUT2D eigenvalue weighted by Gasteiger charge is -2.07. The average Bonchev–Trinajstić information content (AvgIpc) is 3.31. The highest BCUT2D eigenvalue weighted by atomic mass is 32.1. The van der Waals surface area contributed by atoms with E-state index in [1.807, 2.05) is 23.6 Å². The van der Waals surface area contributed by atoms with Gasteiger partial charge >= 0.3 is 6.01 Å². The summed E-state index contributed by atoms with van der Waals surface area (Å²) in [6, 6.07) is 11.1. The van der Waals surface area contributed by atoms with Crippen molar-refractivity contribution >= 4 is 17.2 Å². The van der Waals surface area contributed by atoms with Gasteiger partial charge in [0.1, 0.15) is 5.75 Å². The molecular formula is C18H19N3O3S. The number of hydrogen-bond acceptors (Lipinski definition) is 6. The molecular weight excluding hydrogens is 338 g/mol. The van der Waals surface area contributed by atoms with Crippen LogP contribution in [0.4, 0.5) is 0 Å². The number of hydrogen-bond donors (Lipinski definition) is 0. The number of ether oxygens (including phenoxy) is 2. The molecule has 0 saturated heterocycles. The van der Waals surface area contributed by atoms with Crippen LogP contribution >= 0.6 is 11.3 Å². The van der Waals surface area contributed by atoms with E-state index < -0.39 is 0 Å². The van der Waals surface area contributed by atoms with Gasteiger partial charge in [-0.3, -0.25) is 4.79 Å². The van der Waals surface area contributed by atoms with Crippen LogP contribution in [-0.4, -0.2) is 34.4 Å². The van der Waals surface area contributed by atoms with Crippen molar-refractivity contribution in [3.63, 3.8) is 0 Å². The quantitative estimate of drug-likeness (QED) is 0.600. The highest BCUT2D eigenvalue weighted by Crippen LogP contribution is 2.27. The Morgan fingerprint density at radius 3 is 2.80 bits per heavy atom. The molecule has 2 aromatic heterocycles. The molecule has 0 atom stereocenters. The summed E-state index contributed by atoms with van der Waals surface area (Å²) in [5.74, 6) is 0.657. The van der Waals surface area contributed by atoms with E-state index in [1.54, 1.807) is 18.2 Å². The van der Waals surface area contributed by atoms with Crippen molar-refractivity contribution < 1.29 is 14.3 Å². The van der Waals surface area contributed by atoms with Crippen LogP contribution < -0.4 is 9.47 Å². The van der Waals surface area contributed by atoms with Gasteiger partial charge in [0.15, 0.2) is 5.82 Å². The van der Waals surface area contributed by atoms with Crippen LogP contribution in [0.1, 0.15) is 30.1 Å². The van der Waals surface area contributed by atoms with Crippen molar-refractivity contribution in [2.24, 2.45) is 0 Å². The first-order valence-electron chi connectivity index (χ1n) is 8.06. The van der Waals surface area contributed by atoms with Gasteiger partial charge in [-0.15, -0.1) is 16.4 Å². The van der Waals surface area contributed by atoms with E-state index in [1.165, 1.54) is 23.1 Å². The molecule has 1 aromatic carbocycles. The average molecular weight is 357 g/mol. The molecule has 7 heteroatoms. The lowest BCUT2D eigenvalue weighted by molar-refractivity contribution is 0.0941. The number of unbranched alkanes of at least 4 members (excludes halogenated alkanes) is 1. The van der Waals surface area contributed by atoms with Crippen LogP contribution in [0.15, 0.2) is 41.8 Å². The third kappa shape index (κ3) is 3.71. The zero-order valence-electron chi connectivity index (χ0n) is 14.1. The Labute approximate surface area is 150 Å².